The average Bonchev–Trinajstić information content (AvgIpc) is 3.61. The molecule has 2 bridgehead atoms. The van der Waals surface area contributed by atoms with Crippen LogP contribution in [-0.2, 0) is 25.7 Å². The predicted octanol–water partition coefficient (Wildman–Crippen LogP) is 4.56. The molecule has 3 fully saturated rings. The van der Waals surface area contributed by atoms with E-state index in [-0.39, 0.29) is 30.3 Å². The van der Waals surface area contributed by atoms with Crippen LogP contribution in [0, 0.1) is 11.8 Å². The number of fused-ring (bicyclic) bond motifs is 1. The van der Waals surface area contributed by atoms with Crippen LogP contribution in [0.25, 0.3) is 0 Å². The monoisotopic (exact) mass is 557 g/mol. The molecule has 0 unspecified atom stereocenters. The summed E-state index contributed by atoms with van der Waals surface area (Å²) in [6, 6.07) is 14.5. The molecule has 8 nitrogen and oxygen atoms in total. The zero-order valence-corrected chi connectivity index (χ0v) is 24.0. The number of anilines is 1. The molecule has 1 aliphatic carbocycles. The topological polar surface area (TPSA) is 97.0 Å². The molecule has 3 amide bonds. The fourth-order valence-electron chi connectivity index (χ4n) is 7.11. The third-order valence-electron chi connectivity index (χ3n) is 9.21. The van der Waals surface area contributed by atoms with Crippen molar-refractivity contribution in [1.82, 2.24) is 10.2 Å². The van der Waals surface area contributed by atoms with Crippen LogP contribution in [0.2, 0.25) is 0 Å². The van der Waals surface area contributed by atoms with E-state index in [0.29, 0.717) is 17.4 Å². The summed E-state index contributed by atoms with van der Waals surface area (Å²) in [6.07, 6.45) is 8.33. The molecule has 41 heavy (non-hydrogen) atoms. The summed E-state index contributed by atoms with van der Waals surface area (Å²) < 4.78 is 11.9. The van der Waals surface area contributed by atoms with Gasteiger partial charge in [0.2, 0.25) is 17.7 Å². The molecule has 2 N–H and O–H groups in total. The van der Waals surface area contributed by atoms with Crippen molar-refractivity contribution in [2.24, 2.45) is 11.8 Å². The molecule has 2 aromatic rings. The number of rotatable bonds is 8. The maximum Gasteiger partial charge on any atom is 0.246 e. The molecule has 3 heterocycles. The first-order chi connectivity index (χ1) is 19.8. The van der Waals surface area contributed by atoms with Gasteiger partial charge in [-0.15, -0.1) is 0 Å². The van der Waals surface area contributed by atoms with Crippen LogP contribution in [0.15, 0.2) is 60.7 Å². The van der Waals surface area contributed by atoms with E-state index >= 15 is 0 Å². The van der Waals surface area contributed by atoms with Crippen molar-refractivity contribution >= 4 is 23.4 Å². The van der Waals surface area contributed by atoms with Gasteiger partial charge >= 0.3 is 0 Å². The molecule has 3 aliphatic heterocycles. The van der Waals surface area contributed by atoms with Crippen molar-refractivity contribution in [1.29, 1.82) is 0 Å². The highest BCUT2D eigenvalue weighted by Crippen LogP contribution is 2.55. The van der Waals surface area contributed by atoms with Crippen LogP contribution in [0.5, 0.6) is 5.75 Å². The third-order valence-corrected chi connectivity index (χ3v) is 9.21. The molecule has 1 saturated carbocycles. The van der Waals surface area contributed by atoms with Crippen molar-refractivity contribution < 1.29 is 23.9 Å². The number of amides is 3. The Kier molecular flexibility index (Phi) is 7.36. The van der Waals surface area contributed by atoms with Crippen LogP contribution in [-0.4, -0.2) is 53.5 Å². The number of ether oxygens (including phenoxy) is 2. The Morgan fingerprint density at radius 3 is 2.54 bits per heavy atom. The molecule has 1 spiro atoms. The summed E-state index contributed by atoms with van der Waals surface area (Å²) in [4.78, 5) is 43.6. The first-order valence-corrected chi connectivity index (χ1v) is 14.8. The van der Waals surface area contributed by atoms with Gasteiger partial charge < -0.3 is 25.0 Å². The van der Waals surface area contributed by atoms with Crippen LogP contribution in [0.1, 0.15) is 63.0 Å². The standard InChI is InChI=1S/C33H39N3O5/c1-20(2)22-12-14-24(15-13-22)34-30(37)27-26-16-17-33(41-26)28(27)32(39)36(19-21-8-7-11-25(18-21)40-3)29(33)31(38)35-23-9-5-4-6-10-23/h7-8,11-18,20,23,26-29H,4-6,9-10,19H2,1-3H3,(H,34,37)(H,35,38)/t26-,27+,28-,29+,33-/m0/s1. The quantitative estimate of drug-likeness (QED) is 0.464. The number of nitrogens with one attached hydrogen (secondary N) is 2. The van der Waals surface area contributed by atoms with Crippen LogP contribution < -0.4 is 15.4 Å². The first kappa shape index (κ1) is 27.5. The smallest absolute Gasteiger partial charge is 0.246 e. The lowest BCUT2D eigenvalue weighted by Crippen LogP contribution is -2.56. The molecule has 5 atom stereocenters. The molecular weight excluding hydrogens is 518 g/mol. The Bertz CT molecular complexity index is 1350. The number of hydrogen-bond donors (Lipinski definition) is 2. The second-order valence-electron chi connectivity index (χ2n) is 12.1. The number of carbonyl (C=O) groups is 3. The highest BCUT2D eigenvalue weighted by molar-refractivity contribution is 6.02. The number of methoxy groups -OCH3 is 1. The molecule has 6 rings (SSSR count). The van der Waals surface area contributed by atoms with Crippen LogP contribution >= 0.6 is 0 Å². The number of hydrogen-bond acceptors (Lipinski definition) is 5. The van der Waals surface area contributed by atoms with Gasteiger partial charge in [0.05, 0.1) is 25.0 Å². The SMILES string of the molecule is COc1cccc(CN2C(=O)[C@@H]3[C@H](C(=O)Nc4ccc(C(C)C)cc4)[C@@H]4C=C[C@@]3(O4)[C@H]2C(=O)NC2CCCCC2)c1. The molecule has 4 aliphatic rings. The van der Waals surface area contributed by atoms with Crippen LogP contribution in [0.3, 0.4) is 0 Å². The van der Waals surface area contributed by atoms with E-state index in [1.807, 2.05) is 60.7 Å². The third kappa shape index (κ3) is 4.92. The minimum atomic E-state index is -1.19. The van der Waals surface area contributed by atoms with E-state index in [9.17, 15) is 14.4 Å². The first-order valence-electron chi connectivity index (χ1n) is 14.8. The van der Waals surface area contributed by atoms with Gasteiger partial charge in [-0.2, -0.15) is 0 Å². The summed E-state index contributed by atoms with van der Waals surface area (Å²) in [7, 11) is 1.60. The highest BCUT2D eigenvalue weighted by atomic mass is 16.5. The second kappa shape index (κ2) is 11.0. The van der Waals surface area contributed by atoms with Gasteiger partial charge in [0.25, 0.3) is 0 Å². The van der Waals surface area contributed by atoms with Gasteiger partial charge in [-0.25, -0.2) is 0 Å². The summed E-state index contributed by atoms with van der Waals surface area (Å²) in [5.74, 6) is -1.20. The van der Waals surface area contributed by atoms with Crippen molar-refractivity contribution in [3.05, 3.63) is 71.8 Å². The lowest BCUT2D eigenvalue weighted by atomic mass is 9.74. The lowest BCUT2D eigenvalue weighted by Gasteiger charge is -2.34. The van der Waals surface area contributed by atoms with Crippen molar-refractivity contribution in [3.8, 4) is 5.75 Å². The Labute approximate surface area is 241 Å². The van der Waals surface area contributed by atoms with Gasteiger partial charge in [-0.1, -0.05) is 69.5 Å². The Morgan fingerprint density at radius 2 is 1.83 bits per heavy atom. The minimum absolute atomic E-state index is 0.0796. The normalized spacial score (nSPS) is 28.7. The Hall–Kier alpha value is -3.65. The fourth-order valence-corrected chi connectivity index (χ4v) is 7.11. The van der Waals surface area contributed by atoms with E-state index in [0.717, 1.165) is 31.2 Å². The highest BCUT2D eigenvalue weighted by Gasteiger charge is 2.72. The van der Waals surface area contributed by atoms with Crippen molar-refractivity contribution in [2.75, 3.05) is 12.4 Å². The largest absolute Gasteiger partial charge is 0.497 e. The van der Waals surface area contributed by atoms with Gasteiger partial charge in [0.15, 0.2) is 0 Å². The predicted molar refractivity (Wildman–Crippen MR) is 155 cm³/mol. The molecular formula is C33H39N3O5. The Balaban J connectivity index is 1.30. The van der Waals surface area contributed by atoms with Gasteiger partial charge in [-0.05, 0) is 54.2 Å². The molecule has 8 heteroatoms. The molecule has 2 saturated heterocycles. The lowest BCUT2D eigenvalue weighted by molar-refractivity contribution is -0.142. The Morgan fingerprint density at radius 1 is 1.07 bits per heavy atom. The van der Waals surface area contributed by atoms with E-state index in [1.165, 1.54) is 12.0 Å². The maximum atomic E-state index is 14.2. The summed E-state index contributed by atoms with van der Waals surface area (Å²) in [5.41, 5.74) is 1.50. The number of nitrogens with zero attached hydrogens (tertiary/aromatic N) is 1. The fraction of sp³-hybridized carbons (Fsp3) is 0.485. The van der Waals surface area contributed by atoms with Crippen LogP contribution in [0.4, 0.5) is 5.69 Å². The van der Waals surface area contributed by atoms with E-state index in [4.69, 9.17) is 9.47 Å². The molecule has 0 aromatic heterocycles. The van der Waals surface area contributed by atoms with Gasteiger partial charge in [-0.3, -0.25) is 14.4 Å². The van der Waals surface area contributed by atoms with E-state index in [2.05, 4.69) is 24.5 Å². The number of likely N-dealkylation sites (tertiary alicyclic amines) is 1. The summed E-state index contributed by atoms with van der Waals surface area (Å²) in [5, 5.41) is 6.25. The van der Waals surface area contributed by atoms with Crippen molar-refractivity contribution in [3.63, 3.8) is 0 Å². The molecule has 0 radical (unpaired) electrons. The second-order valence-corrected chi connectivity index (χ2v) is 12.1. The number of carbonyl (C=O) groups excluding carboxylic acids is 3. The van der Waals surface area contributed by atoms with Gasteiger partial charge in [0.1, 0.15) is 17.4 Å². The average molecular weight is 558 g/mol. The minimum Gasteiger partial charge on any atom is -0.497 e. The zero-order chi connectivity index (χ0) is 28.7. The van der Waals surface area contributed by atoms with E-state index in [1.54, 1.807) is 12.0 Å². The van der Waals surface area contributed by atoms with Gasteiger partial charge in [0, 0.05) is 18.3 Å². The zero-order valence-electron chi connectivity index (χ0n) is 24.0. The van der Waals surface area contributed by atoms with E-state index < -0.39 is 29.6 Å². The van der Waals surface area contributed by atoms with Crippen molar-refractivity contribution in [2.45, 2.75) is 82.2 Å². The maximum absolute atomic E-state index is 14.2. The molecule has 216 valence electrons. The number of benzene rings is 2. The summed E-state index contributed by atoms with van der Waals surface area (Å²) >= 11 is 0. The summed E-state index contributed by atoms with van der Waals surface area (Å²) in [6.45, 7) is 4.45. The molecule has 2 aromatic carbocycles.